The first kappa shape index (κ1) is 13.5. The molecule has 0 saturated carbocycles. The Bertz CT molecular complexity index is 349. The fraction of sp³-hybridized carbons (Fsp3) is 0.571. The van der Waals surface area contributed by atoms with Gasteiger partial charge in [0.05, 0.1) is 0 Å². The van der Waals surface area contributed by atoms with Crippen LogP contribution in [0.25, 0.3) is 0 Å². The van der Waals surface area contributed by atoms with Gasteiger partial charge in [0.25, 0.3) is 0 Å². The first-order chi connectivity index (χ1) is 7.50. The molecular weight excluding hydrogens is 220 g/mol. The van der Waals surface area contributed by atoms with E-state index < -0.39 is 0 Å². The molecule has 2 heteroatoms. The van der Waals surface area contributed by atoms with Crippen molar-refractivity contribution >= 4 is 11.6 Å². The van der Waals surface area contributed by atoms with Gasteiger partial charge in [0.2, 0.25) is 0 Å². The molecule has 0 aliphatic carbocycles. The zero-order valence-electron chi connectivity index (χ0n) is 10.4. The maximum Gasteiger partial charge on any atom is 0.0487 e. The van der Waals surface area contributed by atoms with Gasteiger partial charge in [0, 0.05) is 11.6 Å². The molecule has 0 saturated heterocycles. The fourth-order valence-electron chi connectivity index (χ4n) is 2.08. The third-order valence-corrected chi connectivity index (χ3v) is 3.41. The summed E-state index contributed by atoms with van der Waals surface area (Å²) in [4.78, 5) is 0. The molecule has 16 heavy (non-hydrogen) atoms. The number of aryl methyl sites for hydroxylation is 1. The van der Waals surface area contributed by atoms with Crippen molar-refractivity contribution in [2.45, 2.75) is 40.0 Å². The summed E-state index contributed by atoms with van der Waals surface area (Å²) in [7, 11) is 0. The Hall–Kier alpha value is -0.530. The first-order valence-corrected chi connectivity index (χ1v) is 6.24. The van der Waals surface area contributed by atoms with Gasteiger partial charge in [-0.25, -0.2) is 0 Å². The van der Waals surface area contributed by atoms with Crippen molar-refractivity contribution < 1.29 is 5.11 Å². The Morgan fingerprint density at radius 3 is 2.56 bits per heavy atom. The number of hydrogen-bond donors (Lipinski definition) is 1. The highest BCUT2D eigenvalue weighted by atomic mass is 35.5. The highest BCUT2D eigenvalue weighted by Gasteiger charge is 2.23. The average molecular weight is 241 g/mol. The molecule has 0 aromatic heterocycles. The van der Waals surface area contributed by atoms with Crippen molar-refractivity contribution in [3.63, 3.8) is 0 Å². The van der Waals surface area contributed by atoms with E-state index >= 15 is 0 Å². The van der Waals surface area contributed by atoms with Crippen LogP contribution in [0.4, 0.5) is 0 Å². The maximum atomic E-state index is 9.48. The molecule has 0 heterocycles. The maximum absolute atomic E-state index is 9.48. The summed E-state index contributed by atoms with van der Waals surface area (Å²) < 4.78 is 0. The van der Waals surface area contributed by atoms with Crippen LogP contribution in [-0.4, -0.2) is 11.7 Å². The molecule has 1 nitrogen and oxygen atoms in total. The summed E-state index contributed by atoms with van der Waals surface area (Å²) in [5.41, 5.74) is 2.26. The van der Waals surface area contributed by atoms with E-state index in [0.717, 1.165) is 29.8 Å². The molecule has 0 bridgehead atoms. The van der Waals surface area contributed by atoms with Gasteiger partial charge < -0.3 is 5.11 Å². The molecule has 0 fully saturated rings. The van der Waals surface area contributed by atoms with Crippen LogP contribution >= 0.6 is 11.6 Å². The topological polar surface area (TPSA) is 20.2 Å². The second-order valence-electron chi connectivity index (χ2n) is 4.99. The molecule has 1 aromatic rings. The minimum atomic E-state index is -0.0480. The van der Waals surface area contributed by atoms with Crippen molar-refractivity contribution in [2.75, 3.05) is 6.61 Å². The molecule has 90 valence electrons. The average Bonchev–Trinajstić information content (AvgIpc) is 2.23. The summed E-state index contributed by atoms with van der Waals surface area (Å²) in [6.45, 7) is 6.51. The Balaban J connectivity index is 2.85. The van der Waals surface area contributed by atoms with Crippen LogP contribution < -0.4 is 0 Å². The molecule has 0 spiro atoms. The largest absolute Gasteiger partial charge is 0.396 e. The quantitative estimate of drug-likeness (QED) is 0.825. The first-order valence-electron chi connectivity index (χ1n) is 5.86. The van der Waals surface area contributed by atoms with E-state index in [-0.39, 0.29) is 12.0 Å². The van der Waals surface area contributed by atoms with Crippen LogP contribution in [0.15, 0.2) is 18.2 Å². The van der Waals surface area contributed by atoms with E-state index in [1.165, 1.54) is 5.56 Å². The highest BCUT2D eigenvalue weighted by Crippen LogP contribution is 2.30. The van der Waals surface area contributed by atoms with Crippen LogP contribution in [0.5, 0.6) is 0 Å². The number of rotatable bonds is 5. The summed E-state index contributed by atoms with van der Waals surface area (Å²) in [5, 5.41) is 10.3. The smallest absolute Gasteiger partial charge is 0.0487 e. The molecular formula is C14H21ClO. The molecule has 1 N–H and O–H groups in total. The monoisotopic (exact) mass is 240 g/mol. The SMILES string of the molecule is CCCC(C)(CO)Cc1ccc(C)cc1Cl. The van der Waals surface area contributed by atoms with E-state index in [4.69, 9.17) is 11.6 Å². The fourth-order valence-corrected chi connectivity index (χ4v) is 2.38. The van der Waals surface area contributed by atoms with Gasteiger partial charge in [-0.15, -0.1) is 0 Å². The van der Waals surface area contributed by atoms with Crippen LogP contribution in [0.1, 0.15) is 37.8 Å². The number of benzene rings is 1. The van der Waals surface area contributed by atoms with Gasteiger partial charge in [0.1, 0.15) is 0 Å². The van der Waals surface area contributed by atoms with Crippen molar-refractivity contribution in [1.29, 1.82) is 0 Å². The summed E-state index contributed by atoms with van der Waals surface area (Å²) in [5.74, 6) is 0. The Morgan fingerprint density at radius 1 is 1.38 bits per heavy atom. The Labute approximate surface area is 103 Å². The number of halogens is 1. The summed E-state index contributed by atoms with van der Waals surface area (Å²) in [6.07, 6.45) is 2.95. The standard InChI is InChI=1S/C14H21ClO/c1-4-7-14(3,10-16)9-12-6-5-11(2)8-13(12)15/h5-6,8,16H,4,7,9-10H2,1-3H3. The zero-order valence-corrected chi connectivity index (χ0v) is 11.1. The molecule has 0 amide bonds. The molecule has 1 unspecified atom stereocenters. The van der Waals surface area contributed by atoms with Crippen molar-refractivity contribution in [3.8, 4) is 0 Å². The predicted octanol–water partition coefficient (Wildman–Crippen LogP) is 3.99. The van der Waals surface area contributed by atoms with Gasteiger partial charge in [-0.3, -0.25) is 0 Å². The lowest BCUT2D eigenvalue weighted by Crippen LogP contribution is -2.24. The summed E-state index contributed by atoms with van der Waals surface area (Å²) in [6, 6.07) is 6.13. The highest BCUT2D eigenvalue weighted by molar-refractivity contribution is 6.31. The van der Waals surface area contributed by atoms with E-state index in [2.05, 4.69) is 26.0 Å². The normalized spacial score (nSPS) is 14.8. The lowest BCUT2D eigenvalue weighted by Gasteiger charge is -2.27. The second-order valence-corrected chi connectivity index (χ2v) is 5.40. The van der Waals surface area contributed by atoms with Crippen molar-refractivity contribution in [2.24, 2.45) is 5.41 Å². The second kappa shape index (κ2) is 5.70. The van der Waals surface area contributed by atoms with E-state index in [1.54, 1.807) is 0 Å². The Kier molecular flexibility index (Phi) is 4.82. The van der Waals surface area contributed by atoms with Crippen LogP contribution in [0.3, 0.4) is 0 Å². The van der Waals surface area contributed by atoms with Gasteiger partial charge >= 0.3 is 0 Å². The van der Waals surface area contributed by atoms with E-state index in [0.29, 0.717) is 0 Å². The zero-order chi connectivity index (χ0) is 12.2. The van der Waals surface area contributed by atoms with Crippen LogP contribution in [0.2, 0.25) is 5.02 Å². The van der Waals surface area contributed by atoms with Gasteiger partial charge in [-0.05, 0) is 42.4 Å². The van der Waals surface area contributed by atoms with Gasteiger partial charge in [-0.2, -0.15) is 0 Å². The molecule has 0 aliphatic rings. The van der Waals surface area contributed by atoms with Crippen LogP contribution in [-0.2, 0) is 6.42 Å². The third kappa shape index (κ3) is 3.50. The number of aliphatic hydroxyl groups is 1. The van der Waals surface area contributed by atoms with Gasteiger partial charge in [0.15, 0.2) is 0 Å². The van der Waals surface area contributed by atoms with Gasteiger partial charge in [-0.1, -0.05) is 44.0 Å². The lowest BCUT2D eigenvalue weighted by molar-refractivity contribution is 0.131. The summed E-state index contributed by atoms with van der Waals surface area (Å²) >= 11 is 6.21. The molecule has 0 aliphatic heterocycles. The number of aliphatic hydroxyl groups excluding tert-OH is 1. The molecule has 1 rings (SSSR count). The van der Waals surface area contributed by atoms with E-state index in [9.17, 15) is 5.11 Å². The molecule has 1 atom stereocenters. The van der Waals surface area contributed by atoms with Crippen molar-refractivity contribution in [1.82, 2.24) is 0 Å². The molecule has 1 aromatic carbocycles. The third-order valence-electron chi connectivity index (χ3n) is 3.06. The Morgan fingerprint density at radius 2 is 2.06 bits per heavy atom. The predicted molar refractivity (Wildman–Crippen MR) is 70.0 cm³/mol. The molecule has 0 radical (unpaired) electrons. The lowest BCUT2D eigenvalue weighted by atomic mass is 9.80. The number of hydrogen-bond acceptors (Lipinski definition) is 1. The minimum Gasteiger partial charge on any atom is -0.396 e. The van der Waals surface area contributed by atoms with Crippen LogP contribution in [0, 0.1) is 12.3 Å². The minimum absolute atomic E-state index is 0.0480. The van der Waals surface area contributed by atoms with E-state index in [1.807, 2.05) is 13.0 Å². The van der Waals surface area contributed by atoms with Crippen molar-refractivity contribution in [3.05, 3.63) is 34.3 Å².